The van der Waals surface area contributed by atoms with Gasteiger partial charge in [0.25, 0.3) is 0 Å². The van der Waals surface area contributed by atoms with Crippen molar-refractivity contribution >= 4 is 14.8 Å². The number of allylic oxidation sites excluding steroid dienone is 2. The van der Waals surface area contributed by atoms with Gasteiger partial charge in [0.1, 0.15) is 0 Å². The highest BCUT2D eigenvalue weighted by Gasteiger charge is 2.35. The molecule has 1 fully saturated rings. The lowest BCUT2D eigenvalue weighted by molar-refractivity contribution is 0.280. The first-order valence-electron chi connectivity index (χ1n) is 14.4. The van der Waals surface area contributed by atoms with E-state index < -0.39 is 0 Å². The summed E-state index contributed by atoms with van der Waals surface area (Å²) in [4.78, 5) is 0. The topological polar surface area (TPSA) is 0 Å². The first-order chi connectivity index (χ1) is 17.7. The highest BCUT2D eigenvalue weighted by atomic mass is 31.0. The lowest BCUT2D eigenvalue weighted by atomic mass is 9.65. The molecule has 0 heterocycles. The summed E-state index contributed by atoms with van der Waals surface area (Å²) in [6.45, 7) is 12.6. The normalized spacial score (nSPS) is 17.8. The van der Waals surface area contributed by atoms with Gasteiger partial charge in [-0.15, -0.1) is 9.24 Å². The predicted octanol–water partition coefficient (Wildman–Crippen LogP) is 11.3. The molecule has 0 radical (unpaired) electrons. The second-order valence-corrected chi connectivity index (χ2v) is 9.85. The molecule has 36 heavy (non-hydrogen) atoms. The maximum Gasteiger partial charge on any atom is 0.0123 e. The van der Waals surface area contributed by atoms with Crippen LogP contribution in [-0.2, 0) is 0 Å². The van der Waals surface area contributed by atoms with Crippen LogP contribution in [0, 0.1) is 5.92 Å². The van der Waals surface area contributed by atoms with Gasteiger partial charge in [-0.05, 0) is 70.7 Å². The SMILES string of the molecule is CC.CC.CCC(P)=C(CC)c1ccccc1C1CCCCC1C(c1ccccc1)c1ccccc1. The van der Waals surface area contributed by atoms with Gasteiger partial charge in [0.2, 0.25) is 0 Å². The maximum absolute atomic E-state index is 3.02. The Kier molecular flexibility index (Phi) is 13.8. The second kappa shape index (κ2) is 16.6. The third kappa shape index (κ3) is 7.43. The average molecular weight is 501 g/mol. The van der Waals surface area contributed by atoms with E-state index >= 15 is 0 Å². The summed E-state index contributed by atoms with van der Waals surface area (Å²) in [6.07, 6.45) is 7.42. The van der Waals surface area contributed by atoms with E-state index in [4.69, 9.17) is 0 Å². The van der Waals surface area contributed by atoms with Crippen molar-refractivity contribution < 1.29 is 0 Å². The van der Waals surface area contributed by atoms with Crippen molar-refractivity contribution in [2.75, 3.05) is 0 Å². The van der Waals surface area contributed by atoms with Crippen molar-refractivity contribution in [3.8, 4) is 0 Å². The average Bonchev–Trinajstić information content (AvgIpc) is 2.97. The Morgan fingerprint density at radius 1 is 0.694 bits per heavy atom. The highest BCUT2D eigenvalue weighted by Crippen LogP contribution is 2.49. The van der Waals surface area contributed by atoms with E-state index in [1.165, 1.54) is 53.3 Å². The van der Waals surface area contributed by atoms with Crippen molar-refractivity contribution in [1.82, 2.24) is 0 Å². The zero-order valence-corrected chi connectivity index (χ0v) is 24.8. The van der Waals surface area contributed by atoms with Crippen molar-refractivity contribution in [1.29, 1.82) is 0 Å². The lowest BCUT2D eigenvalue weighted by Crippen LogP contribution is -2.26. The molecule has 0 nitrogen and oxygen atoms in total. The third-order valence-corrected chi connectivity index (χ3v) is 8.13. The lowest BCUT2D eigenvalue weighted by Gasteiger charge is -2.39. The quantitative estimate of drug-likeness (QED) is 0.283. The number of hydrogen-bond donors (Lipinski definition) is 0. The molecule has 0 spiro atoms. The van der Waals surface area contributed by atoms with Crippen LogP contribution in [0.1, 0.15) is 114 Å². The van der Waals surface area contributed by atoms with Gasteiger partial charge < -0.3 is 0 Å². The Balaban J connectivity index is 0.00000109. The Morgan fingerprint density at radius 3 is 1.72 bits per heavy atom. The van der Waals surface area contributed by atoms with Crippen molar-refractivity contribution in [2.24, 2.45) is 5.92 Å². The largest absolute Gasteiger partial charge is 0.110 e. The summed E-state index contributed by atoms with van der Waals surface area (Å²) in [6, 6.07) is 31.7. The fourth-order valence-electron chi connectivity index (χ4n) is 5.85. The Labute approximate surface area is 224 Å². The van der Waals surface area contributed by atoms with Crippen LogP contribution >= 0.6 is 9.24 Å². The molecule has 0 amide bonds. The van der Waals surface area contributed by atoms with Crippen LogP contribution in [0.5, 0.6) is 0 Å². The Bertz CT molecular complexity index is 979. The molecule has 0 bridgehead atoms. The van der Waals surface area contributed by atoms with Crippen LogP contribution in [0.4, 0.5) is 0 Å². The molecule has 1 heteroatoms. The van der Waals surface area contributed by atoms with Gasteiger partial charge >= 0.3 is 0 Å². The molecule has 3 atom stereocenters. The molecule has 1 aliphatic carbocycles. The van der Waals surface area contributed by atoms with Crippen LogP contribution in [0.2, 0.25) is 0 Å². The highest BCUT2D eigenvalue weighted by molar-refractivity contribution is 7.23. The maximum atomic E-state index is 3.02. The van der Waals surface area contributed by atoms with Gasteiger partial charge in [-0.3, -0.25) is 0 Å². The minimum absolute atomic E-state index is 0.437. The Morgan fingerprint density at radius 2 is 1.19 bits per heavy atom. The van der Waals surface area contributed by atoms with E-state index in [9.17, 15) is 0 Å². The minimum atomic E-state index is 0.437. The summed E-state index contributed by atoms with van der Waals surface area (Å²) < 4.78 is 0. The Hall–Kier alpha value is -2.17. The van der Waals surface area contributed by atoms with Gasteiger partial charge in [-0.1, -0.05) is 139 Å². The second-order valence-electron chi connectivity index (χ2n) is 9.15. The van der Waals surface area contributed by atoms with Crippen LogP contribution < -0.4 is 0 Å². The van der Waals surface area contributed by atoms with E-state index in [1.807, 2.05) is 27.7 Å². The molecule has 1 aliphatic rings. The summed E-state index contributed by atoms with van der Waals surface area (Å²) >= 11 is 0. The molecule has 3 aromatic rings. The van der Waals surface area contributed by atoms with Gasteiger partial charge in [0.15, 0.2) is 0 Å². The summed E-state index contributed by atoms with van der Waals surface area (Å²) in [7, 11) is 3.02. The fraction of sp³-hybridized carbons (Fsp3) is 0.429. The molecule has 194 valence electrons. The number of benzene rings is 3. The first kappa shape index (κ1) is 30.1. The predicted molar refractivity (Wildman–Crippen MR) is 166 cm³/mol. The minimum Gasteiger partial charge on any atom is -0.110 e. The molecule has 3 aromatic carbocycles. The molecule has 0 saturated heterocycles. The van der Waals surface area contributed by atoms with Gasteiger partial charge in [0, 0.05) is 5.92 Å². The van der Waals surface area contributed by atoms with Gasteiger partial charge in [-0.2, -0.15) is 0 Å². The van der Waals surface area contributed by atoms with Crippen LogP contribution in [0.25, 0.3) is 5.57 Å². The van der Waals surface area contributed by atoms with E-state index in [-0.39, 0.29) is 0 Å². The van der Waals surface area contributed by atoms with E-state index in [0.29, 0.717) is 17.8 Å². The fourth-order valence-corrected chi connectivity index (χ4v) is 6.21. The van der Waals surface area contributed by atoms with Gasteiger partial charge in [0.05, 0.1) is 0 Å². The summed E-state index contributed by atoms with van der Waals surface area (Å²) in [5.41, 5.74) is 7.49. The monoisotopic (exact) mass is 500 g/mol. The van der Waals surface area contributed by atoms with Crippen LogP contribution in [-0.4, -0.2) is 0 Å². The van der Waals surface area contributed by atoms with Crippen molar-refractivity contribution in [3.63, 3.8) is 0 Å². The number of hydrogen-bond acceptors (Lipinski definition) is 0. The molecule has 3 unspecified atom stereocenters. The standard InChI is InChI=1S/C31H37P.2C2H6/c1-3-25(30(32)4-2)26-19-11-12-20-27(26)28-21-13-14-22-29(28)31(23-15-7-5-8-16-23)24-17-9-6-10-18-24;2*1-2/h5-12,15-20,28-29,31H,3-4,13-14,21-22,32H2,1-2H3;2*1-2H3. The van der Waals surface area contributed by atoms with E-state index in [1.54, 1.807) is 5.56 Å². The smallest absolute Gasteiger partial charge is 0.0123 e. The zero-order chi connectivity index (χ0) is 26.3. The summed E-state index contributed by atoms with van der Waals surface area (Å²) in [5.74, 6) is 1.63. The molecule has 1 saturated carbocycles. The molecular formula is C35H49P. The molecular weight excluding hydrogens is 451 g/mol. The first-order valence-corrected chi connectivity index (χ1v) is 15.0. The van der Waals surface area contributed by atoms with E-state index in [0.717, 1.165) is 12.8 Å². The van der Waals surface area contributed by atoms with Crippen LogP contribution in [0.3, 0.4) is 0 Å². The number of rotatable bonds is 7. The van der Waals surface area contributed by atoms with Crippen molar-refractivity contribution in [2.45, 2.75) is 91.9 Å². The summed E-state index contributed by atoms with van der Waals surface area (Å²) in [5, 5.41) is 1.45. The molecule has 4 rings (SSSR count). The van der Waals surface area contributed by atoms with Crippen molar-refractivity contribution in [3.05, 3.63) is 112 Å². The molecule has 0 aromatic heterocycles. The molecule has 0 aliphatic heterocycles. The van der Waals surface area contributed by atoms with Crippen LogP contribution in [0.15, 0.2) is 90.2 Å². The van der Waals surface area contributed by atoms with Gasteiger partial charge in [-0.25, -0.2) is 0 Å². The zero-order valence-electron chi connectivity index (χ0n) is 23.6. The van der Waals surface area contributed by atoms with E-state index in [2.05, 4.69) is 108 Å². The molecule has 0 N–H and O–H groups in total. The third-order valence-electron chi connectivity index (χ3n) is 7.37.